The van der Waals surface area contributed by atoms with Gasteiger partial charge in [-0.25, -0.2) is 4.79 Å². The topological polar surface area (TPSA) is 79.0 Å². The van der Waals surface area contributed by atoms with Crippen LogP contribution in [-0.4, -0.2) is 60.0 Å². The number of benzene rings is 1. The SMILES string of the molecule is CCOC(=O)N1CCC(N(CCC(=O)Nc2ccc(CC)cc2)C(C)=O)CC1. The molecule has 0 unspecified atom stereocenters. The van der Waals surface area contributed by atoms with Crippen molar-refractivity contribution in [2.75, 3.05) is 31.6 Å². The molecule has 1 aromatic rings. The van der Waals surface area contributed by atoms with Crippen LogP contribution in [0.25, 0.3) is 0 Å². The average Bonchev–Trinajstić information content (AvgIpc) is 2.69. The second-order valence-electron chi connectivity index (χ2n) is 6.98. The number of amides is 3. The smallest absolute Gasteiger partial charge is 0.409 e. The maximum absolute atomic E-state index is 12.3. The number of carbonyl (C=O) groups excluding carboxylic acids is 3. The van der Waals surface area contributed by atoms with Crippen LogP contribution >= 0.6 is 0 Å². The Morgan fingerprint density at radius 1 is 1.14 bits per heavy atom. The van der Waals surface area contributed by atoms with Crippen LogP contribution in [0.2, 0.25) is 0 Å². The van der Waals surface area contributed by atoms with Crippen LogP contribution < -0.4 is 5.32 Å². The molecular formula is C21H31N3O4. The molecule has 154 valence electrons. The third kappa shape index (κ3) is 6.25. The van der Waals surface area contributed by atoms with Gasteiger partial charge in [0.05, 0.1) is 6.61 Å². The minimum Gasteiger partial charge on any atom is -0.450 e. The largest absolute Gasteiger partial charge is 0.450 e. The van der Waals surface area contributed by atoms with Crippen LogP contribution in [0.4, 0.5) is 10.5 Å². The second kappa shape index (κ2) is 10.7. The van der Waals surface area contributed by atoms with Crippen molar-refractivity contribution >= 4 is 23.6 Å². The third-order valence-electron chi connectivity index (χ3n) is 5.06. The molecule has 0 radical (unpaired) electrons. The van der Waals surface area contributed by atoms with E-state index in [1.165, 1.54) is 12.5 Å². The van der Waals surface area contributed by atoms with E-state index in [4.69, 9.17) is 4.74 Å². The summed E-state index contributed by atoms with van der Waals surface area (Å²) < 4.78 is 5.03. The molecule has 0 aliphatic carbocycles. The molecule has 1 aliphatic heterocycles. The highest BCUT2D eigenvalue weighted by molar-refractivity contribution is 5.91. The molecule has 1 aromatic carbocycles. The monoisotopic (exact) mass is 389 g/mol. The number of hydrogen-bond acceptors (Lipinski definition) is 4. The summed E-state index contributed by atoms with van der Waals surface area (Å²) in [6.45, 7) is 7.24. The molecule has 0 spiro atoms. The van der Waals surface area contributed by atoms with Gasteiger partial charge < -0.3 is 19.9 Å². The van der Waals surface area contributed by atoms with Crippen LogP contribution in [-0.2, 0) is 20.7 Å². The number of carbonyl (C=O) groups is 3. The molecule has 0 saturated carbocycles. The quantitative estimate of drug-likeness (QED) is 0.777. The number of ether oxygens (including phenoxy) is 1. The van der Waals surface area contributed by atoms with Crippen LogP contribution in [0.5, 0.6) is 0 Å². The molecular weight excluding hydrogens is 358 g/mol. The summed E-state index contributed by atoms with van der Waals surface area (Å²) in [6.07, 6.45) is 2.28. The molecule has 7 nitrogen and oxygen atoms in total. The van der Waals surface area contributed by atoms with Gasteiger partial charge >= 0.3 is 6.09 Å². The predicted molar refractivity (Wildman–Crippen MR) is 108 cm³/mol. The fraction of sp³-hybridized carbons (Fsp3) is 0.571. The Labute approximate surface area is 167 Å². The molecule has 0 atom stereocenters. The van der Waals surface area contributed by atoms with Gasteiger partial charge in [0.25, 0.3) is 0 Å². The van der Waals surface area contributed by atoms with Crippen molar-refractivity contribution in [3.05, 3.63) is 29.8 Å². The van der Waals surface area contributed by atoms with Crippen LogP contribution in [0.3, 0.4) is 0 Å². The highest BCUT2D eigenvalue weighted by Crippen LogP contribution is 2.18. The first-order chi connectivity index (χ1) is 13.4. The maximum atomic E-state index is 12.3. The van der Waals surface area contributed by atoms with E-state index in [0.717, 1.165) is 12.1 Å². The molecule has 7 heteroatoms. The Bertz CT molecular complexity index is 667. The van der Waals surface area contributed by atoms with Crippen LogP contribution in [0, 0.1) is 0 Å². The van der Waals surface area contributed by atoms with Crippen LogP contribution in [0.15, 0.2) is 24.3 Å². The summed E-state index contributed by atoms with van der Waals surface area (Å²) in [6, 6.07) is 7.82. The van der Waals surface area contributed by atoms with E-state index in [2.05, 4.69) is 12.2 Å². The van der Waals surface area contributed by atoms with Gasteiger partial charge in [-0.2, -0.15) is 0 Å². The Kier molecular flexibility index (Phi) is 8.29. The lowest BCUT2D eigenvalue weighted by molar-refractivity contribution is -0.132. The first-order valence-electron chi connectivity index (χ1n) is 10.0. The first-order valence-corrected chi connectivity index (χ1v) is 10.0. The highest BCUT2D eigenvalue weighted by Gasteiger charge is 2.29. The number of piperidine rings is 1. The minimum atomic E-state index is -0.302. The van der Waals surface area contributed by atoms with Crippen LogP contribution in [0.1, 0.15) is 45.6 Å². The summed E-state index contributed by atoms with van der Waals surface area (Å²) in [4.78, 5) is 39.6. The van der Waals surface area contributed by atoms with Crippen molar-refractivity contribution in [3.63, 3.8) is 0 Å². The maximum Gasteiger partial charge on any atom is 0.409 e. The van der Waals surface area contributed by atoms with Gasteiger partial charge in [-0.1, -0.05) is 19.1 Å². The van der Waals surface area contributed by atoms with E-state index in [1.54, 1.807) is 16.7 Å². The zero-order valence-electron chi connectivity index (χ0n) is 17.1. The van der Waals surface area contributed by atoms with Gasteiger partial charge in [0, 0.05) is 44.7 Å². The molecule has 28 heavy (non-hydrogen) atoms. The lowest BCUT2D eigenvalue weighted by Gasteiger charge is -2.37. The fourth-order valence-electron chi connectivity index (χ4n) is 3.44. The number of likely N-dealkylation sites (tertiary alicyclic amines) is 1. The van der Waals surface area contributed by atoms with E-state index in [1.807, 2.05) is 24.3 Å². The molecule has 1 N–H and O–H groups in total. The van der Waals surface area contributed by atoms with E-state index in [0.29, 0.717) is 39.1 Å². The molecule has 3 amide bonds. The van der Waals surface area contributed by atoms with E-state index in [-0.39, 0.29) is 30.4 Å². The zero-order chi connectivity index (χ0) is 20.5. The number of nitrogens with zero attached hydrogens (tertiary/aromatic N) is 2. The van der Waals surface area contributed by atoms with E-state index in [9.17, 15) is 14.4 Å². The van der Waals surface area contributed by atoms with Gasteiger partial charge in [-0.05, 0) is 43.9 Å². The molecule has 1 saturated heterocycles. The fourth-order valence-corrected chi connectivity index (χ4v) is 3.44. The molecule has 1 aliphatic rings. The van der Waals surface area contributed by atoms with Crippen molar-refractivity contribution in [2.24, 2.45) is 0 Å². The van der Waals surface area contributed by atoms with E-state index >= 15 is 0 Å². The molecule has 0 aromatic heterocycles. The zero-order valence-corrected chi connectivity index (χ0v) is 17.1. The summed E-state index contributed by atoms with van der Waals surface area (Å²) in [5.74, 6) is -0.158. The average molecular weight is 389 g/mol. The highest BCUT2D eigenvalue weighted by atomic mass is 16.6. The molecule has 0 bridgehead atoms. The number of hydrogen-bond donors (Lipinski definition) is 1. The van der Waals surface area contributed by atoms with Crippen molar-refractivity contribution in [3.8, 4) is 0 Å². The standard InChI is InChI=1S/C21H31N3O4/c1-4-17-6-8-18(9-7-17)22-20(26)12-15-24(16(3)25)19-10-13-23(14-11-19)21(27)28-5-2/h6-9,19H,4-5,10-15H2,1-3H3,(H,22,26). The normalized spacial score (nSPS) is 14.5. The molecule has 1 fully saturated rings. The minimum absolute atomic E-state index is 0.0415. The summed E-state index contributed by atoms with van der Waals surface area (Å²) >= 11 is 0. The van der Waals surface area contributed by atoms with Gasteiger partial charge in [0.1, 0.15) is 0 Å². The lowest BCUT2D eigenvalue weighted by atomic mass is 10.0. The summed E-state index contributed by atoms with van der Waals surface area (Å²) in [5, 5.41) is 2.88. The Hall–Kier alpha value is -2.57. The number of nitrogens with one attached hydrogen (secondary N) is 1. The Morgan fingerprint density at radius 2 is 1.79 bits per heavy atom. The van der Waals surface area contributed by atoms with Crippen molar-refractivity contribution in [1.29, 1.82) is 0 Å². The van der Waals surface area contributed by atoms with Crippen molar-refractivity contribution in [2.45, 2.75) is 52.5 Å². The Morgan fingerprint density at radius 3 is 2.32 bits per heavy atom. The number of rotatable bonds is 7. The van der Waals surface area contributed by atoms with Gasteiger partial charge in [0.15, 0.2) is 0 Å². The van der Waals surface area contributed by atoms with Gasteiger partial charge in [-0.3, -0.25) is 9.59 Å². The molecule has 1 heterocycles. The van der Waals surface area contributed by atoms with Crippen molar-refractivity contribution in [1.82, 2.24) is 9.80 Å². The number of aryl methyl sites for hydroxylation is 1. The van der Waals surface area contributed by atoms with Crippen molar-refractivity contribution < 1.29 is 19.1 Å². The third-order valence-corrected chi connectivity index (χ3v) is 5.06. The van der Waals surface area contributed by atoms with Gasteiger partial charge in [0.2, 0.25) is 11.8 Å². The lowest BCUT2D eigenvalue weighted by Crippen LogP contribution is -2.49. The second-order valence-corrected chi connectivity index (χ2v) is 6.98. The number of anilines is 1. The summed E-state index contributed by atoms with van der Waals surface area (Å²) in [7, 11) is 0. The molecule has 2 rings (SSSR count). The Balaban J connectivity index is 1.83. The van der Waals surface area contributed by atoms with Gasteiger partial charge in [-0.15, -0.1) is 0 Å². The van der Waals surface area contributed by atoms with E-state index < -0.39 is 0 Å². The predicted octanol–water partition coefficient (Wildman–Crippen LogP) is 3.05. The summed E-state index contributed by atoms with van der Waals surface area (Å²) in [5.41, 5.74) is 1.98. The first kappa shape index (κ1) is 21.7.